The van der Waals surface area contributed by atoms with Crippen molar-refractivity contribution in [2.24, 2.45) is 0 Å². The fourth-order valence-corrected chi connectivity index (χ4v) is 0. The zero-order valence-electron chi connectivity index (χ0n) is 2.83. The first-order valence-corrected chi connectivity index (χ1v) is 1.88. The van der Waals surface area contributed by atoms with Crippen molar-refractivity contribution in [1.82, 2.24) is 0 Å². The first kappa shape index (κ1) is 9.08. The molecular formula is C2H3NO2Se. The van der Waals surface area contributed by atoms with Crippen LogP contribution in [0.25, 0.3) is 0 Å². The Morgan fingerprint density at radius 2 is 2.00 bits per heavy atom. The molecule has 0 radical (unpaired) electrons. The summed E-state index contributed by atoms with van der Waals surface area (Å²) in [5, 5.41) is 14.2. The molecule has 0 aliphatic carbocycles. The van der Waals surface area contributed by atoms with Crippen molar-refractivity contribution in [2.45, 2.75) is 0 Å². The van der Waals surface area contributed by atoms with Crippen molar-refractivity contribution in [3.05, 3.63) is 0 Å². The van der Waals surface area contributed by atoms with E-state index in [1.165, 1.54) is 0 Å². The third kappa shape index (κ3) is 79.0. The molecule has 0 aromatic rings. The number of hydrogen-bond acceptors (Lipinski definition) is 2. The van der Waals surface area contributed by atoms with Crippen molar-refractivity contribution >= 4 is 22.5 Å². The summed E-state index contributed by atoms with van der Waals surface area (Å²) in [6, 6.07) is 0. The molecule has 3 nitrogen and oxygen atoms in total. The van der Waals surface area contributed by atoms with Crippen LogP contribution < -0.4 is 0 Å². The van der Waals surface area contributed by atoms with E-state index in [9.17, 15) is 0 Å². The van der Waals surface area contributed by atoms with Crippen LogP contribution in [0.3, 0.4) is 0 Å². The number of nitrogens with zero attached hydrogens (tertiary/aromatic N) is 1. The second kappa shape index (κ2) is 24.8. The van der Waals surface area contributed by atoms with Crippen LogP contribution in [-0.2, 0) is 4.79 Å². The van der Waals surface area contributed by atoms with Crippen molar-refractivity contribution in [1.29, 1.82) is 5.26 Å². The van der Waals surface area contributed by atoms with Crippen LogP contribution in [0.4, 0.5) is 0 Å². The smallest absolute Gasteiger partial charge is 0.290 e. The first-order chi connectivity index (χ1) is 2.83. The minimum Gasteiger partial charge on any atom is -0.483 e. The zero-order valence-corrected chi connectivity index (χ0v) is 4.70. The Morgan fingerprint density at radius 1 is 2.00 bits per heavy atom. The SMILES string of the molecule is N#C[SeH].O=CO. The van der Waals surface area contributed by atoms with E-state index in [0.29, 0.717) is 0 Å². The molecule has 0 unspecified atom stereocenters. The molecule has 0 aliphatic heterocycles. The molecule has 0 heterocycles. The molecule has 4 heteroatoms. The molecule has 6 heavy (non-hydrogen) atoms. The second-order valence-corrected chi connectivity index (χ2v) is 0.625. The van der Waals surface area contributed by atoms with Gasteiger partial charge < -0.3 is 5.11 Å². The molecule has 1 N–H and O–H groups in total. The van der Waals surface area contributed by atoms with Gasteiger partial charge in [-0.2, -0.15) is 0 Å². The third-order valence-corrected chi connectivity index (χ3v) is 0. The van der Waals surface area contributed by atoms with E-state index < -0.39 is 0 Å². The van der Waals surface area contributed by atoms with E-state index in [1.807, 2.05) is 0 Å². The molecule has 34 valence electrons. The van der Waals surface area contributed by atoms with E-state index in [0.717, 1.165) is 0 Å². The Kier molecular flexibility index (Phi) is 37.5. The maximum absolute atomic E-state index is 8.36. The summed E-state index contributed by atoms with van der Waals surface area (Å²) < 4.78 is 0. The van der Waals surface area contributed by atoms with Crippen molar-refractivity contribution in [3.8, 4) is 4.97 Å². The van der Waals surface area contributed by atoms with E-state index in [4.69, 9.17) is 15.2 Å². The van der Waals surface area contributed by atoms with E-state index >= 15 is 0 Å². The van der Waals surface area contributed by atoms with E-state index in [-0.39, 0.29) is 6.47 Å². The predicted octanol–water partition coefficient (Wildman–Crippen LogP) is -0.931. The number of rotatable bonds is 0. The maximum atomic E-state index is 8.36. The second-order valence-electron chi connectivity index (χ2n) is 0.205. The minimum atomic E-state index is -0.250. The van der Waals surface area contributed by atoms with Gasteiger partial charge in [0.25, 0.3) is 6.47 Å². The van der Waals surface area contributed by atoms with Crippen molar-refractivity contribution in [2.75, 3.05) is 0 Å². The zero-order chi connectivity index (χ0) is 5.41. The normalized spacial score (nSPS) is 3.33. The molecule has 0 saturated heterocycles. The van der Waals surface area contributed by atoms with Gasteiger partial charge in [0.2, 0.25) is 0 Å². The Hall–Kier alpha value is -0.521. The van der Waals surface area contributed by atoms with Gasteiger partial charge in [0.05, 0.1) is 0 Å². The average Bonchev–Trinajstić information content (AvgIpc) is 1.39. The van der Waals surface area contributed by atoms with E-state index in [2.05, 4.69) is 0 Å². The standard InChI is InChI=1S/CHNSe.CH2O2/c2*2-1-3/h3H;1H,(H,2,3). The summed E-state index contributed by atoms with van der Waals surface area (Å²) in [4.78, 5) is 10.0. The van der Waals surface area contributed by atoms with E-state index in [1.54, 1.807) is 21.0 Å². The molecule has 0 amide bonds. The van der Waals surface area contributed by atoms with Crippen LogP contribution in [0.1, 0.15) is 0 Å². The molecule has 0 spiro atoms. The summed E-state index contributed by atoms with van der Waals surface area (Å²) in [5.74, 6) is 0. The summed E-state index contributed by atoms with van der Waals surface area (Å²) in [7, 11) is 0. The average molecular weight is 152 g/mol. The van der Waals surface area contributed by atoms with Gasteiger partial charge in [-0.05, 0) is 0 Å². The van der Waals surface area contributed by atoms with Gasteiger partial charge in [0.15, 0.2) is 0 Å². The molecule has 0 aromatic carbocycles. The number of hydrogen-bond donors (Lipinski definition) is 1. The third-order valence-electron chi connectivity index (χ3n) is 0. The molecule has 0 rings (SSSR count). The Labute approximate surface area is 43.4 Å². The molecule has 0 aliphatic rings. The molecule has 0 saturated carbocycles. The van der Waals surface area contributed by atoms with Crippen LogP contribution in [0, 0.1) is 10.2 Å². The monoisotopic (exact) mass is 153 g/mol. The van der Waals surface area contributed by atoms with Gasteiger partial charge in [0.1, 0.15) is 0 Å². The van der Waals surface area contributed by atoms with Gasteiger partial charge in [-0.25, -0.2) is 0 Å². The Morgan fingerprint density at radius 3 is 2.00 bits per heavy atom. The van der Waals surface area contributed by atoms with Gasteiger partial charge in [0, 0.05) is 0 Å². The fourth-order valence-electron chi connectivity index (χ4n) is 0. The largest absolute Gasteiger partial charge is 0.483 e. The van der Waals surface area contributed by atoms with Gasteiger partial charge in [-0.15, -0.1) is 0 Å². The summed E-state index contributed by atoms with van der Waals surface area (Å²) in [6.07, 6.45) is 0. The topological polar surface area (TPSA) is 61.1 Å². The van der Waals surface area contributed by atoms with Crippen molar-refractivity contribution in [3.63, 3.8) is 0 Å². The first-order valence-electron chi connectivity index (χ1n) is 0.941. The summed E-state index contributed by atoms with van der Waals surface area (Å²) in [6.45, 7) is -0.250. The number of nitriles is 1. The van der Waals surface area contributed by atoms with Gasteiger partial charge >= 0.3 is 26.2 Å². The van der Waals surface area contributed by atoms with Gasteiger partial charge in [-0.3, -0.25) is 4.79 Å². The molecule has 0 atom stereocenters. The molecule has 0 bridgehead atoms. The van der Waals surface area contributed by atoms with Crippen molar-refractivity contribution < 1.29 is 9.90 Å². The Bertz CT molecular complexity index is 57.1. The predicted molar refractivity (Wildman–Crippen MR) is 21.5 cm³/mol. The molecular weight excluding hydrogens is 149 g/mol. The summed E-state index contributed by atoms with van der Waals surface area (Å²) >= 11 is 1.77. The van der Waals surface area contributed by atoms with Crippen LogP contribution in [0.2, 0.25) is 0 Å². The number of carboxylic acid groups (broad SMARTS) is 1. The quantitative estimate of drug-likeness (QED) is 0.360. The van der Waals surface area contributed by atoms with Crippen LogP contribution in [0.5, 0.6) is 0 Å². The summed E-state index contributed by atoms with van der Waals surface area (Å²) in [5.41, 5.74) is 0. The Balaban J connectivity index is 0. The van der Waals surface area contributed by atoms with Crippen LogP contribution in [0.15, 0.2) is 0 Å². The number of carbonyl (C=O) groups is 1. The maximum Gasteiger partial charge on any atom is 0.290 e. The fraction of sp³-hybridized carbons (Fsp3) is 0. The molecule has 0 fully saturated rings. The van der Waals surface area contributed by atoms with Gasteiger partial charge in [-0.1, -0.05) is 0 Å². The van der Waals surface area contributed by atoms with Crippen LogP contribution in [-0.4, -0.2) is 27.6 Å². The molecule has 0 aromatic heterocycles. The van der Waals surface area contributed by atoms with Crippen LogP contribution >= 0.6 is 0 Å². The minimum absolute atomic E-state index is 0.250.